The number of amides is 1. The summed E-state index contributed by atoms with van der Waals surface area (Å²) < 4.78 is 38.3. The Labute approximate surface area is 136 Å². The molecule has 0 N–H and O–H groups in total. The van der Waals surface area contributed by atoms with Gasteiger partial charge < -0.3 is 9.80 Å². The number of halogens is 3. The first-order valence-corrected chi connectivity index (χ1v) is 7.42. The molecular weight excluding hydrogens is 321 g/mol. The molecule has 1 amide bonds. The molecule has 2 aromatic rings. The number of benzene rings is 1. The minimum Gasteiger partial charge on any atom is -0.352 e. The Kier molecular flexibility index (Phi) is 4.37. The molecule has 0 radical (unpaired) electrons. The molecule has 1 aliphatic heterocycles. The van der Waals surface area contributed by atoms with Crippen molar-refractivity contribution in [2.45, 2.75) is 6.18 Å². The summed E-state index contributed by atoms with van der Waals surface area (Å²) in [5.41, 5.74) is -0.760. The van der Waals surface area contributed by atoms with E-state index in [0.29, 0.717) is 26.2 Å². The number of piperazine rings is 1. The average molecular weight is 336 g/mol. The second kappa shape index (κ2) is 6.46. The van der Waals surface area contributed by atoms with Crippen LogP contribution in [0.1, 0.15) is 15.9 Å². The molecule has 3 rings (SSSR count). The third-order valence-corrected chi connectivity index (χ3v) is 3.88. The molecule has 0 bridgehead atoms. The Morgan fingerprint density at radius 2 is 1.83 bits per heavy atom. The first kappa shape index (κ1) is 16.2. The predicted octanol–water partition coefficient (Wildman–Crippen LogP) is 2.46. The highest BCUT2D eigenvalue weighted by molar-refractivity contribution is 5.94. The highest BCUT2D eigenvalue weighted by Crippen LogP contribution is 2.29. The predicted molar refractivity (Wildman–Crippen MR) is 81.6 cm³/mol. The molecule has 5 nitrogen and oxygen atoms in total. The summed E-state index contributed by atoms with van der Waals surface area (Å²) >= 11 is 0. The van der Waals surface area contributed by atoms with Gasteiger partial charge in [0.15, 0.2) is 0 Å². The van der Waals surface area contributed by atoms with Crippen molar-refractivity contribution in [2.75, 3.05) is 31.1 Å². The molecule has 1 fully saturated rings. The van der Waals surface area contributed by atoms with Crippen LogP contribution in [-0.2, 0) is 6.18 Å². The molecule has 8 heteroatoms. The minimum atomic E-state index is -4.46. The first-order chi connectivity index (χ1) is 11.4. The van der Waals surface area contributed by atoms with Crippen LogP contribution in [-0.4, -0.2) is 47.0 Å². The molecule has 1 aromatic heterocycles. The normalized spacial score (nSPS) is 15.5. The van der Waals surface area contributed by atoms with Crippen LogP contribution in [0.25, 0.3) is 0 Å². The molecule has 0 unspecified atom stereocenters. The number of hydrogen-bond donors (Lipinski definition) is 0. The lowest BCUT2D eigenvalue weighted by molar-refractivity contribution is -0.137. The van der Waals surface area contributed by atoms with Crippen molar-refractivity contribution in [1.29, 1.82) is 0 Å². The maximum atomic E-state index is 12.8. The van der Waals surface area contributed by atoms with Gasteiger partial charge in [-0.15, -0.1) is 0 Å². The van der Waals surface area contributed by atoms with E-state index < -0.39 is 11.7 Å². The Morgan fingerprint density at radius 3 is 2.46 bits per heavy atom. The fourth-order valence-electron chi connectivity index (χ4n) is 2.60. The van der Waals surface area contributed by atoms with Crippen molar-refractivity contribution < 1.29 is 18.0 Å². The summed E-state index contributed by atoms with van der Waals surface area (Å²) in [6.07, 6.45) is 0.359. The van der Waals surface area contributed by atoms with E-state index in [1.54, 1.807) is 23.5 Å². The zero-order valence-electron chi connectivity index (χ0n) is 12.7. The van der Waals surface area contributed by atoms with Crippen LogP contribution in [0.5, 0.6) is 0 Å². The number of rotatable bonds is 2. The number of carbonyl (C=O) groups is 1. The fraction of sp³-hybridized carbons (Fsp3) is 0.312. The van der Waals surface area contributed by atoms with E-state index in [0.717, 1.165) is 18.0 Å². The van der Waals surface area contributed by atoms with E-state index in [1.807, 2.05) is 4.90 Å². The van der Waals surface area contributed by atoms with Crippen molar-refractivity contribution in [2.24, 2.45) is 0 Å². The van der Waals surface area contributed by atoms with Crippen molar-refractivity contribution in [3.63, 3.8) is 0 Å². The van der Waals surface area contributed by atoms with Crippen LogP contribution in [0.4, 0.5) is 19.0 Å². The summed E-state index contributed by atoms with van der Waals surface area (Å²) in [7, 11) is 0. The van der Waals surface area contributed by atoms with E-state index >= 15 is 0 Å². The number of carbonyl (C=O) groups excluding carboxylic acids is 1. The molecule has 126 valence electrons. The standard InChI is InChI=1S/C16H15F3N4O/c17-16(18,19)13-3-1-2-12(10-13)15(24)23-8-6-22(7-9-23)14-11-20-4-5-21-14/h1-5,10-11H,6-9H2. The highest BCUT2D eigenvalue weighted by Gasteiger charge is 2.31. The lowest BCUT2D eigenvalue weighted by Gasteiger charge is -2.35. The van der Waals surface area contributed by atoms with Gasteiger partial charge in [0.2, 0.25) is 0 Å². The van der Waals surface area contributed by atoms with Crippen LogP contribution in [0.15, 0.2) is 42.9 Å². The zero-order chi connectivity index (χ0) is 17.2. The number of hydrogen-bond acceptors (Lipinski definition) is 4. The summed E-state index contributed by atoms with van der Waals surface area (Å²) in [6.45, 7) is 1.96. The topological polar surface area (TPSA) is 49.3 Å². The zero-order valence-corrected chi connectivity index (χ0v) is 12.7. The van der Waals surface area contributed by atoms with Crippen LogP contribution in [0.3, 0.4) is 0 Å². The second-order valence-corrected chi connectivity index (χ2v) is 5.42. The molecule has 0 saturated carbocycles. The molecular formula is C16H15F3N4O. The SMILES string of the molecule is O=C(c1cccc(C(F)(F)F)c1)N1CCN(c2cnccn2)CC1. The van der Waals surface area contributed by atoms with Gasteiger partial charge in [0.25, 0.3) is 5.91 Å². The summed E-state index contributed by atoms with van der Waals surface area (Å²) in [4.78, 5) is 24.2. The summed E-state index contributed by atoms with van der Waals surface area (Å²) in [5, 5.41) is 0. The average Bonchev–Trinajstić information content (AvgIpc) is 2.61. The van der Waals surface area contributed by atoms with Gasteiger partial charge in [0.1, 0.15) is 5.82 Å². The quantitative estimate of drug-likeness (QED) is 0.845. The van der Waals surface area contributed by atoms with Gasteiger partial charge >= 0.3 is 6.18 Å². The monoisotopic (exact) mass is 336 g/mol. The Morgan fingerprint density at radius 1 is 1.08 bits per heavy atom. The van der Waals surface area contributed by atoms with Crippen LogP contribution < -0.4 is 4.90 Å². The largest absolute Gasteiger partial charge is 0.416 e. The molecule has 1 aromatic carbocycles. The van der Waals surface area contributed by atoms with Gasteiger partial charge in [-0.1, -0.05) is 6.07 Å². The summed E-state index contributed by atoms with van der Waals surface area (Å²) in [6, 6.07) is 4.53. The molecule has 0 atom stereocenters. The van der Waals surface area contributed by atoms with E-state index in [1.165, 1.54) is 12.1 Å². The van der Waals surface area contributed by atoms with Gasteiger partial charge in [-0.05, 0) is 18.2 Å². The number of alkyl halides is 3. The Hall–Kier alpha value is -2.64. The van der Waals surface area contributed by atoms with Gasteiger partial charge in [0, 0.05) is 44.1 Å². The van der Waals surface area contributed by atoms with Crippen molar-refractivity contribution >= 4 is 11.7 Å². The molecule has 1 aliphatic rings. The first-order valence-electron chi connectivity index (χ1n) is 7.42. The Bertz CT molecular complexity index is 713. The van der Waals surface area contributed by atoms with E-state index in [4.69, 9.17) is 0 Å². The van der Waals surface area contributed by atoms with Crippen LogP contribution >= 0.6 is 0 Å². The molecule has 2 heterocycles. The maximum Gasteiger partial charge on any atom is 0.416 e. The number of nitrogens with zero attached hydrogens (tertiary/aromatic N) is 4. The number of anilines is 1. The molecule has 0 aliphatic carbocycles. The second-order valence-electron chi connectivity index (χ2n) is 5.42. The molecule has 24 heavy (non-hydrogen) atoms. The highest BCUT2D eigenvalue weighted by atomic mass is 19.4. The smallest absolute Gasteiger partial charge is 0.352 e. The van der Waals surface area contributed by atoms with Gasteiger partial charge in [-0.25, -0.2) is 4.98 Å². The minimum absolute atomic E-state index is 0.0535. The fourth-order valence-corrected chi connectivity index (χ4v) is 2.60. The lowest BCUT2D eigenvalue weighted by atomic mass is 10.1. The third-order valence-electron chi connectivity index (χ3n) is 3.88. The molecule has 1 saturated heterocycles. The van der Waals surface area contributed by atoms with E-state index in [9.17, 15) is 18.0 Å². The van der Waals surface area contributed by atoms with Gasteiger partial charge in [-0.2, -0.15) is 13.2 Å². The van der Waals surface area contributed by atoms with Gasteiger partial charge in [-0.3, -0.25) is 9.78 Å². The van der Waals surface area contributed by atoms with E-state index in [2.05, 4.69) is 9.97 Å². The third kappa shape index (κ3) is 3.47. The molecule has 0 spiro atoms. The maximum absolute atomic E-state index is 12.8. The van der Waals surface area contributed by atoms with Crippen molar-refractivity contribution in [1.82, 2.24) is 14.9 Å². The summed E-state index contributed by atoms with van der Waals surface area (Å²) in [5.74, 6) is 0.337. The Balaban J connectivity index is 1.67. The van der Waals surface area contributed by atoms with Crippen LogP contribution in [0, 0.1) is 0 Å². The van der Waals surface area contributed by atoms with Gasteiger partial charge in [0.05, 0.1) is 11.8 Å². The van der Waals surface area contributed by atoms with Crippen molar-refractivity contribution in [3.05, 3.63) is 54.0 Å². The van der Waals surface area contributed by atoms with E-state index in [-0.39, 0.29) is 11.5 Å². The number of aromatic nitrogens is 2. The lowest BCUT2D eigenvalue weighted by Crippen LogP contribution is -2.49. The van der Waals surface area contributed by atoms with Crippen molar-refractivity contribution in [3.8, 4) is 0 Å². The van der Waals surface area contributed by atoms with Crippen LogP contribution in [0.2, 0.25) is 0 Å².